The molecule has 0 saturated carbocycles. The van der Waals surface area contributed by atoms with Crippen LogP contribution in [-0.4, -0.2) is 33.6 Å². The Morgan fingerprint density at radius 2 is 1.69 bits per heavy atom. The molecule has 3 rings (SSSR count). The Bertz CT molecular complexity index is 940. The highest BCUT2D eigenvalue weighted by molar-refractivity contribution is 5.79. The van der Waals surface area contributed by atoms with E-state index in [0.29, 0.717) is 11.9 Å². The van der Waals surface area contributed by atoms with Crippen molar-refractivity contribution >= 4 is 10.9 Å². The van der Waals surface area contributed by atoms with E-state index >= 15 is 0 Å². The van der Waals surface area contributed by atoms with Crippen molar-refractivity contribution in [3.05, 3.63) is 64.4 Å². The largest absolute Gasteiger partial charge is 0.299 e. The van der Waals surface area contributed by atoms with Gasteiger partial charge in [0, 0.05) is 18.2 Å². The van der Waals surface area contributed by atoms with E-state index in [-0.39, 0.29) is 11.6 Å². The minimum absolute atomic E-state index is 0.0326. The van der Waals surface area contributed by atoms with E-state index in [9.17, 15) is 4.79 Å². The van der Waals surface area contributed by atoms with Crippen LogP contribution in [0.5, 0.6) is 0 Å². The predicted octanol–water partition coefficient (Wildman–Crippen LogP) is 4.10. The Kier molecular flexibility index (Phi) is 5.52. The third kappa shape index (κ3) is 3.56. The average Bonchev–Trinajstić information content (AvgIpc) is 2.65. The lowest BCUT2D eigenvalue weighted by Gasteiger charge is -2.27. The van der Waals surface area contributed by atoms with Crippen molar-refractivity contribution in [3.8, 4) is 11.4 Å². The first-order chi connectivity index (χ1) is 12.5. The molecular weight excluding hydrogens is 322 g/mol. The van der Waals surface area contributed by atoms with Gasteiger partial charge in [-0.1, -0.05) is 55.8 Å². The van der Waals surface area contributed by atoms with Crippen LogP contribution in [-0.2, 0) is 6.54 Å². The minimum atomic E-state index is 0.0326. The van der Waals surface area contributed by atoms with Gasteiger partial charge < -0.3 is 0 Å². The van der Waals surface area contributed by atoms with Crippen LogP contribution in [0.3, 0.4) is 0 Å². The van der Waals surface area contributed by atoms with Crippen LogP contribution in [0, 0.1) is 6.92 Å². The molecule has 0 spiro atoms. The fourth-order valence-corrected chi connectivity index (χ4v) is 3.49. The average molecular weight is 349 g/mol. The van der Waals surface area contributed by atoms with Gasteiger partial charge in [-0.25, -0.2) is 4.98 Å². The predicted molar refractivity (Wildman–Crippen MR) is 109 cm³/mol. The third-order valence-electron chi connectivity index (χ3n) is 5.05. The second kappa shape index (κ2) is 7.83. The summed E-state index contributed by atoms with van der Waals surface area (Å²) in [5.74, 6) is 0.743. The summed E-state index contributed by atoms with van der Waals surface area (Å²) in [5, 5.41) is 0.676. The van der Waals surface area contributed by atoms with E-state index in [1.54, 1.807) is 0 Å². The van der Waals surface area contributed by atoms with Gasteiger partial charge in [-0.2, -0.15) is 0 Å². The number of nitrogens with zero attached hydrogens (tertiary/aromatic N) is 3. The number of hydrogen-bond acceptors (Lipinski definition) is 3. The molecule has 0 aliphatic heterocycles. The molecule has 2 aromatic carbocycles. The standard InChI is InChI=1S/C22H27N3O/c1-5-24(6-2)17(4)15-25-21(18-13-11-16(3)12-14-18)23-20-10-8-7-9-19(20)22(25)26/h7-14,17H,5-6,15H2,1-4H3. The van der Waals surface area contributed by atoms with Gasteiger partial charge in [0.1, 0.15) is 5.82 Å². The molecule has 4 nitrogen and oxygen atoms in total. The zero-order valence-corrected chi connectivity index (χ0v) is 16.1. The molecule has 0 aliphatic carbocycles. The summed E-state index contributed by atoms with van der Waals surface area (Å²) in [6.45, 7) is 11.1. The van der Waals surface area contributed by atoms with Crippen LogP contribution < -0.4 is 5.56 Å². The third-order valence-corrected chi connectivity index (χ3v) is 5.05. The van der Waals surface area contributed by atoms with Gasteiger partial charge in [0.25, 0.3) is 5.56 Å². The van der Waals surface area contributed by atoms with Crippen molar-refractivity contribution in [1.82, 2.24) is 14.5 Å². The van der Waals surface area contributed by atoms with Crippen LogP contribution in [0.15, 0.2) is 53.3 Å². The summed E-state index contributed by atoms with van der Waals surface area (Å²) in [7, 11) is 0. The molecule has 1 unspecified atom stereocenters. The second-order valence-corrected chi connectivity index (χ2v) is 6.80. The minimum Gasteiger partial charge on any atom is -0.299 e. The summed E-state index contributed by atoms with van der Waals surface area (Å²) >= 11 is 0. The molecule has 1 atom stereocenters. The Hall–Kier alpha value is -2.46. The van der Waals surface area contributed by atoms with E-state index in [1.807, 2.05) is 41.0 Å². The summed E-state index contributed by atoms with van der Waals surface area (Å²) in [6, 6.07) is 16.1. The lowest BCUT2D eigenvalue weighted by atomic mass is 10.1. The normalized spacial score (nSPS) is 12.7. The Morgan fingerprint density at radius 1 is 1.04 bits per heavy atom. The van der Waals surface area contributed by atoms with Gasteiger partial charge in [0.2, 0.25) is 0 Å². The van der Waals surface area contributed by atoms with Crippen LogP contribution in [0.25, 0.3) is 22.3 Å². The maximum absolute atomic E-state index is 13.2. The molecule has 4 heteroatoms. The van der Waals surface area contributed by atoms with Crippen molar-refractivity contribution in [3.63, 3.8) is 0 Å². The molecule has 0 amide bonds. The highest BCUT2D eigenvalue weighted by Crippen LogP contribution is 2.20. The van der Waals surface area contributed by atoms with Crippen molar-refractivity contribution in [1.29, 1.82) is 0 Å². The molecule has 0 saturated heterocycles. The molecule has 0 radical (unpaired) electrons. The van der Waals surface area contributed by atoms with Crippen molar-refractivity contribution < 1.29 is 0 Å². The quantitative estimate of drug-likeness (QED) is 0.672. The molecular formula is C22H27N3O. The molecule has 1 heterocycles. The highest BCUT2D eigenvalue weighted by Gasteiger charge is 2.17. The topological polar surface area (TPSA) is 38.1 Å². The van der Waals surface area contributed by atoms with Crippen molar-refractivity contribution in [2.45, 2.75) is 40.3 Å². The summed E-state index contributed by atoms with van der Waals surface area (Å²) < 4.78 is 1.84. The zero-order valence-electron chi connectivity index (χ0n) is 16.1. The first-order valence-corrected chi connectivity index (χ1v) is 9.35. The first kappa shape index (κ1) is 18.3. The summed E-state index contributed by atoms with van der Waals surface area (Å²) in [4.78, 5) is 20.4. The molecule has 136 valence electrons. The number of hydrogen-bond donors (Lipinski definition) is 0. The number of aryl methyl sites for hydroxylation is 1. The van der Waals surface area contributed by atoms with Gasteiger partial charge >= 0.3 is 0 Å². The van der Waals surface area contributed by atoms with Crippen molar-refractivity contribution in [2.75, 3.05) is 13.1 Å². The molecule has 0 aliphatic rings. The number of fused-ring (bicyclic) bond motifs is 1. The van der Waals surface area contributed by atoms with Gasteiger partial charge in [-0.15, -0.1) is 0 Å². The van der Waals surface area contributed by atoms with E-state index in [4.69, 9.17) is 4.98 Å². The van der Waals surface area contributed by atoms with Gasteiger partial charge in [-0.05, 0) is 39.1 Å². The van der Waals surface area contributed by atoms with Crippen LogP contribution >= 0.6 is 0 Å². The van der Waals surface area contributed by atoms with Crippen LogP contribution in [0.1, 0.15) is 26.3 Å². The summed E-state index contributed by atoms with van der Waals surface area (Å²) in [6.07, 6.45) is 0. The number of aromatic nitrogens is 2. The lowest BCUT2D eigenvalue weighted by molar-refractivity contribution is 0.210. The maximum Gasteiger partial charge on any atom is 0.261 e. The van der Waals surface area contributed by atoms with E-state index < -0.39 is 0 Å². The van der Waals surface area contributed by atoms with Gasteiger partial charge in [0.15, 0.2) is 0 Å². The van der Waals surface area contributed by atoms with Crippen LogP contribution in [0.2, 0.25) is 0 Å². The molecule has 3 aromatic rings. The zero-order chi connectivity index (χ0) is 18.7. The molecule has 0 bridgehead atoms. The highest BCUT2D eigenvalue weighted by atomic mass is 16.1. The van der Waals surface area contributed by atoms with Gasteiger partial charge in [-0.3, -0.25) is 14.3 Å². The fraction of sp³-hybridized carbons (Fsp3) is 0.364. The maximum atomic E-state index is 13.2. The Balaban J connectivity index is 2.18. The monoisotopic (exact) mass is 349 g/mol. The fourth-order valence-electron chi connectivity index (χ4n) is 3.49. The molecule has 26 heavy (non-hydrogen) atoms. The van der Waals surface area contributed by atoms with Crippen LogP contribution in [0.4, 0.5) is 0 Å². The number of likely N-dealkylation sites (N-methyl/N-ethyl adjacent to an activating group) is 1. The van der Waals surface area contributed by atoms with Crippen molar-refractivity contribution in [2.24, 2.45) is 0 Å². The van der Waals surface area contributed by atoms with E-state index in [0.717, 1.165) is 30.0 Å². The first-order valence-electron chi connectivity index (χ1n) is 9.35. The number of para-hydroxylation sites is 1. The summed E-state index contributed by atoms with van der Waals surface area (Å²) in [5.41, 5.74) is 2.95. The number of rotatable bonds is 6. The second-order valence-electron chi connectivity index (χ2n) is 6.80. The molecule has 0 fully saturated rings. The van der Waals surface area contributed by atoms with Gasteiger partial charge in [0.05, 0.1) is 10.9 Å². The Labute approximate surface area is 155 Å². The van der Waals surface area contributed by atoms with E-state index in [2.05, 4.69) is 44.7 Å². The molecule has 0 N–H and O–H groups in total. The Morgan fingerprint density at radius 3 is 2.35 bits per heavy atom. The SMILES string of the molecule is CCN(CC)C(C)Cn1c(-c2ccc(C)cc2)nc2ccccc2c1=O. The van der Waals surface area contributed by atoms with E-state index in [1.165, 1.54) is 5.56 Å². The smallest absolute Gasteiger partial charge is 0.261 e. The lowest BCUT2D eigenvalue weighted by Crippen LogP contribution is -2.39. The molecule has 1 aromatic heterocycles. The number of benzene rings is 2.